The van der Waals surface area contributed by atoms with Crippen molar-refractivity contribution in [2.45, 2.75) is 67.4 Å². The fourth-order valence-electron chi connectivity index (χ4n) is 6.70. The quantitative estimate of drug-likeness (QED) is 0.452. The molecule has 0 amide bonds. The zero-order valence-electron chi connectivity index (χ0n) is 19.6. The second-order valence-electron chi connectivity index (χ2n) is 12.2. The maximum atomic E-state index is 2.80. The SMILES string of the molecule is CC1=C(C)C(C)[C]([Ti]([CH3])([CH3])([CH3])([SiH2]c2ccc(C)cc2)[C]2(C)C=CC=CC2)=C1C. The third-order valence-electron chi connectivity index (χ3n) is 9.46. The van der Waals surface area contributed by atoms with Crippen molar-refractivity contribution in [3.05, 3.63) is 74.7 Å². The molecule has 0 saturated heterocycles. The van der Waals surface area contributed by atoms with Gasteiger partial charge in [-0.15, -0.1) is 0 Å². The van der Waals surface area contributed by atoms with E-state index < -0.39 is 20.7 Å². The molecule has 152 valence electrons. The Morgan fingerprint density at radius 1 is 0.929 bits per heavy atom. The molecule has 2 unspecified atom stereocenters. The van der Waals surface area contributed by atoms with E-state index in [9.17, 15) is 0 Å². The molecule has 0 fully saturated rings. The van der Waals surface area contributed by atoms with Crippen LogP contribution < -0.4 is 5.19 Å². The summed E-state index contributed by atoms with van der Waals surface area (Å²) in [5, 5.41) is 10.0. The van der Waals surface area contributed by atoms with Crippen molar-refractivity contribution < 1.29 is 13.3 Å². The molecule has 2 aliphatic rings. The van der Waals surface area contributed by atoms with E-state index >= 15 is 0 Å². The van der Waals surface area contributed by atoms with E-state index in [1.54, 1.807) is 21.9 Å². The molecule has 0 nitrogen and oxygen atoms in total. The van der Waals surface area contributed by atoms with Crippen LogP contribution in [0.4, 0.5) is 0 Å². The summed E-state index contributed by atoms with van der Waals surface area (Å²) in [6, 6.07) is 9.53. The van der Waals surface area contributed by atoms with E-state index in [-0.39, 0.29) is 3.72 Å². The van der Waals surface area contributed by atoms with E-state index in [0.717, 1.165) is 0 Å². The Balaban J connectivity index is 2.34. The standard InChI is InChI=1S/C9H13.C7H9Si.C7H9.3CH3.Ti/c1-6-5-7(2)9(4)8(6)3;1-6-2-4-7(8)5-3-6;1-7-5-3-2-4-6-7;;;;/h6H,1-4H3;2-5H,8H2,1H3;2-5H,6H2,1H3;3*1H3;. The number of rotatable bonds is 4. The van der Waals surface area contributed by atoms with Gasteiger partial charge in [0.05, 0.1) is 0 Å². The van der Waals surface area contributed by atoms with Crippen LogP contribution in [-0.2, 0) is 13.3 Å². The van der Waals surface area contributed by atoms with Crippen LogP contribution in [0.3, 0.4) is 0 Å². The zero-order chi connectivity index (χ0) is 21.0. The summed E-state index contributed by atoms with van der Waals surface area (Å²) in [7, 11) is -0.525. The summed E-state index contributed by atoms with van der Waals surface area (Å²) in [5.41, 5.74) is 6.14. The number of hydrogen-bond donors (Lipinski definition) is 0. The molecule has 0 aromatic heterocycles. The van der Waals surface area contributed by atoms with Crippen LogP contribution in [-0.4, -0.2) is 7.39 Å². The molecule has 1 aromatic rings. The molecule has 1 aromatic carbocycles. The van der Waals surface area contributed by atoms with Gasteiger partial charge in [0, 0.05) is 0 Å². The van der Waals surface area contributed by atoms with E-state index in [1.165, 1.54) is 12.0 Å². The van der Waals surface area contributed by atoms with E-state index in [1.807, 2.05) is 3.88 Å². The van der Waals surface area contributed by atoms with Gasteiger partial charge in [-0.1, -0.05) is 0 Å². The van der Waals surface area contributed by atoms with Crippen LogP contribution in [0.2, 0.25) is 19.4 Å². The molecule has 0 spiro atoms. The van der Waals surface area contributed by atoms with Crippen molar-refractivity contribution in [1.29, 1.82) is 0 Å². The summed E-state index contributed by atoms with van der Waals surface area (Å²) < 4.78 is 2.12. The van der Waals surface area contributed by atoms with Gasteiger partial charge in [-0.2, -0.15) is 0 Å². The maximum absolute atomic E-state index is 3.74. The van der Waals surface area contributed by atoms with Crippen LogP contribution >= 0.6 is 0 Å². The monoisotopic (exact) mass is 428 g/mol. The first-order valence-corrected chi connectivity index (χ1v) is 22.0. The average molecular weight is 429 g/mol. The fourth-order valence-corrected chi connectivity index (χ4v) is 34.0. The van der Waals surface area contributed by atoms with Crippen molar-refractivity contribution in [3.8, 4) is 0 Å². The molecular weight excluding hydrogens is 388 g/mol. The first-order chi connectivity index (χ1) is 12.8. The third kappa shape index (κ3) is 2.89. The van der Waals surface area contributed by atoms with Crippen LogP contribution in [0.5, 0.6) is 0 Å². The Hall–Kier alpha value is -0.889. The van der Waals surface area contributed by atoms with E-state index in [0.29, 0.717) is 5.92 Å². The van der Waals surface area contributed by atoms with Crippen LogP contribution in [0, 0.1) is 12.8 Å². The second-order valence-corrected chi connectivity index (χ2v) is 43.5. The molecular formula is C26H40SiTi. The Morgan fingerprint density at radius 3 is 2.00 bits per heavy atom. The van der Waals surface area contributed by atoms with Crippen LogP contribution in [0.15, 0.2) is 69.2 Å². The summed E-state index contributed by atoms with van der Waals surface area (Å²) in [4.78, 5) is 0. The fraction of sp³-hybridized carbons (Fsp3) is 0.462. The number of allylic oxidation sites excluding steroid dienone is 8. The van der Waals surface area contributed by atoms with Crippen LogP contribution in [0.25, 0.3) is 0 Å². The average Bonchev–Trinajstić information content (AvgIpc) is 2.81. The van der Waals surface area contributed by atoms with Gasteiger partial charge in [0.2, 0.25) is 0 Å². The second kappa shape index (κ2) is 6.30. The van der Waals surface area contributed by atoms with Crippen molar-refractivity contribution in [2.75, 3.05) is 0 Å². The zero-order valence-corrected chi connectivity index (χ0v) is 22.6. The summed E-state index contributed by atoms with van der Waals surface area (Å²) in [6.07, 6.45) is 10.8. The molecule has 2 aliphatic carbocycles. The van der Waals surface area contributed by atoms with Gasteiger partial charge < -0.3 is 0 Å². The van der Waals surface area contributed by atoms with Gasteiger partial charge in [-0.3, -0.25) is 0 Å². The minimum absolute atomic E-state index is 0.252. The Kier molecular flexibility index (Phi) is 4.91. The van der Waals surface area contributed by atoms with E-state index in [4.69, 9.17) is 0 Å². The predicted octanol–water partition coefficient (Wildman–Crippen LogP) is 7.03. The number of hydrogen-bond acceptors (Lipinski definition) is 0. The van der Waals surface area contributed by atoms with Crippen molar-refractivity contribution in [1.82, 2.24) is 0 Å². The summed E-state index contributed by atoms with van der Waals surface area (Å²) >= 11 is -3.74. The molecule has 0 heterocycles. The topological polar surface area (TPSA) is 0 Å². The molecule has 2 atom stereocenters. The van der Waals surface area contributed by atoms with Gasteiger partial charge in [0.25, 0.3) is 0 Å². The molecule has 0 radical (unpaired) electrons. The van der Waals surface area contributed by atoms with Gasteiger partial charge in [-0.05, 0) is 0 Å². The molecule has 0 bridgehead atoms. The minimum atomic E-state index is -3.74. The third-order valence-corrected chi connectivity index (χ3v) is 38.1. The van der Waals surface area contributed by atoms with Gasteiger partial charge in [0.1, 0.15) is 0 Å². The van der Waals surface area contributed by atoms with Gasteiger partial charge in [0.15, 0.2) is 0 Å². The van der Waals surface area contributed by atoms with Crippen LogP contribution in [0.1, 0.15) is 46.6 Å². The first kappa shape index (κ1) is 21.8. The summed E-state index contributed by atoms with van der Waals surface area (Å²) in [5.74, 6) is 0.582. The van der Waals surface area contributed by atoms with Gasteiger partial charge in [-0.25, -0.2) is 0 Å². The van der Waals surface area contributed by atoms with Gasteiger partial charge >= 0.3 is 174 Å². The predicted molar refractivity (Wildman–Crippen MR) is 128 cm³/mol. The Morgan fingerprint density at radius 2 is 1.54 bits per heavy atom. The van der Waals surface area contributed by atoms with Crippen molar-refractivity contribution in [2.24, 2.45) is 5.92 Å². The Labute approximate surface area is 173 Å². The Bertz CT molecular complexity index is 944. The van der Waals surface area contributed by atoms with Crippen molar-refractivity contribution >= 4 is 12.6 Å². The van der Waals surface area contributed by atoms with Crippen molar-refractivity contribution in [3.63, 3.8) is 0 Å². The molecule has 28 heavy (non-hydrogen) atoms. The molecule has 0 N–H and O–H groups in total. The first-order valence-electron chi connectivity index (χ1n) is 11.0. The number of benzene rings is 1. The molecule has 0 saturated carbocycles. The number of aryl methyl sites for hydroxylation is 1. The summed E-state index contributed by atoms with van der Waals surface area (Å²) in [6.45, 7) is 14.4. The normalized spacial score (nSPS) is 28.4. The molecule has 0 aliphatic heterocycles. The molecule has 3 rings (SSSR count). The molecule has 2 heteroatoms. The van der Waals surface area contributed by atoms with E-state index in [2.05, 4.69) is 106 Å².